The highest BCUT2D eigenvalue weighted by molar-refractivity contribution is 5.84. The Balaban J connectivity index is 2.48. The molecule has 0 fully saturated rings. The molecule has 1 atom stereocenters. The molecule has 0 aliphatic rings. The number of benzene rings is 2. The smallest absolute Gasteiger partial charge is 0.119 e. The number of nitrogens with zero attached hydrogens (tertiary/aromatic N) is 1. The van der Waals surface area contributed by atoms with Crippen molar-refractivity contribution in [3.8, 4) is 11.8 Å². The van der Waals surface area contributed by atoms with Gasteiger partial charge in [-0.2, -0.15) is 5.26 Å². The zero-order valence-corrected chi connectivity index (χ0v) is 11.0. The second-order valence-electron chi connectivity index (χ2n) is 4.82. The van der Waals surface area contributed by atoms with Crippen LogP contribution in [0, 0.1) is 17.2 Å². The standard InChI is InChI=1S/C16H17NO/c1-11(2)16(10-17)14-5-4-13-9-15(18-3)7-6-12(13)8-14/h4-9,11,16H,1-3H3. The number of ether oxygens (including phenoxy) is 1. The summed E-state index contributed by atoms with van der Waals surface area (Å²) < 4.78 is 5.21. The van der Waals surface area contributed by atoms with E-state index in [1.807, 2.05) is 24.3 Å². The molecule has 0 saturated heterocycles. The summed E-state index contributed by atoms with van der Waals surface area (Å²) in [6, 6.07) is 14.6. The molecule has 2 nitrogen and oxygen atoms in total. The Morgan fingerprint density at radius 1 is 1.06 bits per heavy atom. The second kappa shape index (κ2) is 5.10. The first-order chi connectivity index (χ1) is 8.65. The van der Waals surface area contributed by atoms with Crippen molar-refractivity contribution in [3.05, 3.63) is 42.0 Å². The Labute approximate surface area is 108 Å². The molecule has 0 saturated carbocycles. The predicted molar refractivity (Wildman–Crippen MR) is 73.7 cm³/mol. The summed E-state index contributed by atoms with van der Waals surface area (Å²) in [5.41, 5.74) is 1.09. The number of rotatable bonds is 3. The van der Waals surface area contributed by atoms with E-state index in [0.717, 1.165) is 22.1 Å². The lowest BCUT2D eigenvalue weighted by Gasteiger charge is -2.14. The van der Waals surface area contributed by atoms with Crippen LogP contribution in [0.4, 0.5) is 0 Å². The van der Waals surface area contributed by atoms with Gasteiger partial charge in [-0.05, 0) is 40.5 Å². The third-order valence-corrected chi connectivity index (χ3v) is 3.24. The first-order valence-electron chi connectivity index (χ1n) is 6.13. The molecule has 2 heteroatoms. The minimum atomic E-state index is -0.0449. The number of nitriles is 1. The highest BCUT2D eigenvalue weighted by Crippen LogP contribution is 2.28. The van der Waals surface area contributed by atoms with Gasteiger partial charge in [0, 0.05) is 0 Å². The molecule has 0 aliphatic heterocycles. The summed E-state index contributed by atoms with van der Waals surface area (Å²) in [4.78, 5) is 0. The minimum Gasteiger partial charge on any atom is -0.497 e. The fraction of sp³-hybridized carbons (Fsp3) is 0.312. The van der Waals surface area contributed by atoms with Gasteiger partial charge in [0.2, 0.25) is 0 Å². The first-order valence-corrected chi connectivity index (χ1v) is 6.13. The summed E-state index contributed by atoms with van der Waals surface area (Å²) in [5.74, 6) is 1.14. The van der Waals surface area contributed by atoms with Crippen LogP contribution in [0.25, 0.3) is 10.8 Å². The van der Waals surface area contributed by atoms with Gasteiger partial charge in [-0.25, -0.2) is 0 Å². The van der Waals surface area contributed by atoms with E-state index in [4.69, 9.17) is 4.74 Å². The second-order valence-corrected chi connectivity index (χ2v) is 4.82. The van der Waals surface area contributed by atoms with Gasteiger partial charge in [0.15, 0.2) is 0 Å². The van der Waals surface area contributed by atoms with Gasteiger partial charge in [0.05, 0.1) is 19.1 Å². The first kappa shape index (κ1) is 12.4. The van der Waals surface area contributed by atoms with Crippen molar-refractivity contribution >= 4 is 10.8 Å². The fourth-order valence-corrected chi connectivity index (χ4v) is 2.17. The number of hydrogen-bond donors (Lipinski definition) is 0. The lowest BCUT2D eigenvalue weighted by atomic mass is 9.88. The highest BCUT2D eigenvalue weighted by Gasteiger charge is 2.15. The van der Waals surface area contributed by atoms with Gasteiger partial charge >= 0.3 is 0 Å². The van der Waals surface area contributed by atoms with Crippen molar-refractivity contribution in [3.63, 3.8) is 0 Å². The van der Waals surface area contributed by atoms with Gasteiger partial charge in [0.25, 0.3) is 0 Å². The largest absolute Gasteiger partial charge is 0.497 e. The topological polar surface area (TPSA) is 33.0 Å². The maximum atomic E-state index is 9.23. The van der Waals surface area contributed by atoms with Crippen LogP contribution in [0.5, 0.6) is 5.75 Å². The molecule has 0 N–H and O–H groups in total. The Morgan fingerprint density at radius 2 is 1.72 bits per heavy atom. The molecule has 0 heterocycles. The molecule has 2 rings (SSSR count). The minimum absolute atomic E-state index is 0.0449. The van der Waals surface area contributed by atoms with Gasteiger partial charge in [-0.3, -0.25) is 0 Å². The molecular formula is C16H17NO. The quantitative estimate of drug-likeness (QED) is 0.807. The molecule has 0 aliphatic carbocycles. The summed E-state index contributed by atoms with van der Waals surface area (Å²) in [5, 5.41) is 11.5. The van der Waals surface area contributed by atoms with Crippen LogP contribution in [-0.4, -0.2) is 7.11 Å². The van der Waals surface area contributed by atoms with Crippen LogP contribution in [0.2, 0.25) is 0 Å². The molecule has 2 aromatic rings. The van der Waals surface area contributed by atoms with Gasteiger partial charge < -0.3 is 4.74 Å². The van der Waals surface area contributed by atoms with Crippen molar-refractivity contribution < 1.29 is 4.74 Å². The zero-order valence-electron chi connectivity index (χ0n) is 11.0. The maximum Gasteiger partial charge on any atom is 0.119 e. The number of fused-ring (bicyclic) bond motifs is 1. The van der Waals surface area contributed by atoms with Gasteiger partial charge in [0.1, 0.15) is 5.75 Å². The number of hydrogen-bond acceptors (Lipinski definition) is 2. The van der Waals surface area contributed by atoms with Crippen molar-refractivity contribution in [2.24, 2.45) is 5.92 Å². The van der Waals surface area contributed by atoms with E-state index in [9.17, 15) is 5.26 Å². The molecular weight excluding hydrogens is 222 g/mol. The average molecular weight is 239 g/mol. The van der Waals surface area contributed by atoms with Crippen LogP contribution >= 0.6 is 0 Å². The van der Waals surface area contributed by atoms with Crippen LogP contribution in [0.3, 0.4) is 0 Å². The van der Waals surface area contributed by atoms with Gasteiger partial charge in [-0.1, -0.05) is 32.0 Å². The summed E-state index contributed by atoms with van der Waals surface area (Å²) in [7, 11) is 1.67. The third kappa shape index (κ3) is 2.31. The Bertz CT molecular complexity index is 596. The number of methoxy groups -OCH3 is 1. The molecule has 2 aromatic carbocycles. The van der Waals surface area contributed by atoms with E-state index < -0.39 is 0 Å². The summed E-state index contributed by atoms with van der Waals surface area (Å²) >= 11 is 0. The summed E-state index contributed by atoms with van der Waals surface area (Å²) in [6.07, 6.45) is 0. The van der Waals surface area contributed by atoms with E-state index in [0.29, 0.717) is 5.92 Å². The molecule has 0 radical (unpaired) electrons. The van der Waals surface area contributed by atoms with E-state index >= 15 is 0 Å². The van der Waals surface area contributed by atoms with Crippen LogP contribution < -0.4 is 4.74 Å². The molecule has 1 unspecified atom stereocenters. The molecule has 0 bridgehead atoms. The van der Waals surface area contributed by atoms with Crippen molar-refractivity contribution in [2.45, 2.75) is 19.8 Å². The normalized spacial score (nSPS) is 12.4. The fourth-order valence-electron chi connectivity index (χ4n) is 2.17. The Hall–Kier alpha value is -2.01. The highest BCUT2D eigenvalue weighted by atomic mass is 16.5. The lowest BCUT2D eigenvalue weighted by molar-refractivity contribution is 0.415. The monoisotopic (exact) mass is 239 g/mol. The van der Waals surface area contributed by atoms with E-state index in [1.165, 1.54) is 0 Å². The van der Waals surface area contributed by atoms with E-state index in [2.05, 4.69) is 32.0 Å². The van der Waals surface area contributed by atoms with Gasteiger partial charge in [-0.15, -0.1) is 0 Å². The van der Waals surface area contributed by atoms with E-state index in [-0.39, 0.29) is 5.92 Å². The predicted octanol–water partition coefficient (Wildman–Crippen LogP) is 4.11. The Kier molecular flexibility index (Phi) is 3.53. The lowest BCUT2D eigenvalue weighted by Crippen LogP contribution is -2.03. The van der Waals surface area contributed by atoms with Crippen molar-refractivity contribution in [1.29, 1.82) is 5.26 Å². The summed E-state index contributed by atoms with van der Waals surface area (Å²) in [6.45, 7) is 4.15. The molecule has 0 amide bonds. The maximum absolute atomic E-state index is 9.23. The van der Waals surface area contributed by atoms with Crippen molar-refractivity contribution in [2.75, 3.05) is 7.11 Å². The molecule has 92 valence electrons. The molecule has 0 aromatic heterocycles. The molecule has 18 heavy (non-hydrogen) atoms. The molecule has 0 spiro atoms. The zero-order chi connectivity index (χ0) is 13.1. The van der Waals surface area contributed by atoms with Crippen LogP contribution in [-0.2, 0) is 0 Å². The van der Waals surface area contributed by atoms with Crippen LogP contribution in [0.1, 0.15) is 25.3 Å². The van der Waals surface area contributed by atoms with Crippen molar-refractivity contribution in [1.82, 2.24) is 0 Å². The SMILES string of the molecule is COc1ccc2cc(C(C#N)C(C)C)ccc2c1. The Morgan fingerprint density at radius 3 is 2.33 bits per heavy atom. The van der Waals surface area contributed by atoms with Crippen LogP contribution in [0.15, 0.2) is 36.4 Å². The average Bonchev–Trinajstić information content (AvgIpc) is 2.38. The van der Waals surface area contributed by atoms with E-state index in [1.54, 1.807) is 7.11 Å². The third-order valence-electron chi connectivity index (χ3n) is 3.24.